The lowest BCUT2D eigenvalue weighted by atomic mass is 9.95. The second-order valence-corrected chi connectivity index (χ2v) is 19.7. The summed E-state index contributed by atoms with van der Waals surface area (Å²) in [4.78, 5) is 0. The van der Waals surface area contributed by atoms with Gasteiger partial charge in [-0.2, -0.15) is 0 Å². The van der Waals surface area contributed by atoms with Gasteiger partial charge in [-0.05, 0) is 0 Å². The average molecular weight is 1120 g/mol. The van der Waals surface area contributed by atoms with Gasteiger partial charge in [0.1, 0.15) is 171 Å². The van der Waals surface area contributed by atoms with E-state index in [1.165, 1.54) is 0 Å². The third kappa shape index (κ3) is 11.2. The van der Waals surface area contributed by atoms with E-state index in [4.69, 9.17) is 71.1 Å². The van der Waals surface area contributed by atoms with Crippen LogP contribution in [0.4, 0.5) is 0 Å². The lowest BCUT2D eigenvalue weighted by Gasteiger charge is -2.50. The zero-order chi connectivity index (χ0) is 54.8. The molecule has 21 heterocycles. The molecule has 0 saturated carbocycles. The summed E-state index contributed by atoms with van der Waals surface area (Å²) >= 11 is 0. The summed E-state index contributed by atoms with van der Waals surface area (Å²) in [5.41, 5.74) is 0. The van der Waals surface area contributed by atoms with Crippen molar-refractivity contribution in [3.8, 4) is 0 Å². The summed E-state index contributed by atoms with van der Waals surface area (Å²) in [6.07, 6.45) is -64.2. The monoisotopic (exact) mass is 1120 g/mol. The molecule has 0 aliphatic carbocycles. The molecule has 34 heteroatoms. The van der Waals surface area contributed by atoms with Crippen molar-refractivity contribution in [1.29, 1.82) is 0 Å². The van der Waals surface area contributed by atoms with Crippen LogP contribution < -0.4 is 0 Å². The topological polar surface area (TPSA) is 526 Å². The van der Waals surface area contributed by atoms with Gasteiger partial charge < -0.3 is 168 Å². The fourth-order valence-electron chi connectivity index (χ4n) is 10.7. The Morgan fingerprint density at radius 2 is 0.329 bits per heavy atom. The third-order valence-electron chi connectivity index (χ3n) is 15.0. The Kier molecular flexibility index (Phi) is 19.2. The molecule has 0 aromatic heterocycles. The average Bonchev–Trinajstić information content (AvgIpc) is 4.28. The Morgan fingerprint density at radius 3 is 0.539 bits per heavy atom. The number of ether oxygens (including phenoxy) is 15. The maximum Gasteiger partial charge on any atom is 0.187 e. The maximum absolute atomic E-state index is 11.4. The second kappa shape index (κ2) is 24.6. The molecule has 21 aliphatic rings. The molecule has 34 nitrogen and oxygen atoms in total. The lowest BCUT2D eigenvalue weighted by Crippen LogP contribution is -2.68. The van der Waals surface area contributed by atoms with E-state index in [1.54, 1.807) is 0 Å². The third-order valence-corrected chi connectivity index (χ3v) is 15.0. The first-order valence-corrected chi connectivity index (χ1v) is 24.6. The summed E-state index contributed by atoms with van der Waals surface area (Å²) in [6.45, 7) is -6.76. The fraction of sp³-hybridized carbons (Fsp3) is 1.00. The number of aliphatic hydroxyl groups is 19. The van der Waals surface area contributed by atoms with Crippen molar-refractivity contribution < 1.29 is 168 Å². The van der Waals surface area contributed by atoms with Crippen molar-refractivity contribution in [2.24, 2.45) is 0 Å². The molecule has 0 aromatic rings. The van der Waals surface area contributed by atoms with Crippen LogP contribution in [-0.4, -0.2) is 358 Å². The first kappa shape index (κ1) is 59.3. The van der Waals surface area contributed by atoms with Crippen LogP contribution in [0.15, 0.2) is 0 Å². The van der Waals surface area contributed by atoms with E-state index in [0.29, 0.717) is 0 Å². The summed E-state index contributed by atoms with van der Waals surface area (Å²) in [5.74, 6) is 0. The van der Waals surface area contributed by atoms with Crippen molar-refractivity contribution in [3.63, 3.8) is 0 Å². The molecule has 21 rings (SSSR count). The quantitative estimate of drug-likeness (QED) is 0.105. The highest BCUT2D eigenvalue weighted by atomic mass is 16.8. The van der Waals surface area contributed by atoms with Crippen molar-refractivity contribution in [1.82, 2.24) is 0 Å². The van der Waals surface area contributed by atoms with Crippen molar-refractivity contribution in [3.05, 3.63) is 0 Å². The Hall–Kier alpha value is -1.36. The highest BCUT2D eigenvalue weighted by Gasteiger charge is 2.63. The van der Waals surface area contributed by atoms with Crippen LogP contribution in [0.1, 0.15) is 0 Å². The van der Waals surface area contributed by atoms with Crippen molar-refractivity contribution in [2.75, 3.05) is 46.2 Å². The van der Waals surface area contributed by atoms with Gasteiger partial charge in [0.05, 0.1) is 46.2 Å². The Morgan fingerprint density at radius 1 is 0.158 bits per heavy atom. The van der Waals surface area contributed by atoms with E-state index in [-0.39, 0.29) is 0 Å². The first-order chi connectivity index (χ1) is 36.3. The highest BCUT2D eigenvalue weighted by molar-refractivity contribution is 5.05. The smallest absolute Gasteiger partial charge is 0.187 e. The summed E-state index contributed by atoms with van der Waals surface area (Å²) in [7, 11) is 0. The number of hydrogen-bond donors (Lipinski definition) is 19. The molecule has 0 aromatic carbocycles. The van der Waals surface area contributed by atoms with Gasteiger partial charge in [0.2, 0.25) is 0 Å². The van der Waals surface area contributed by atoms with E-state index in [2.05, 4.69) is 0 Å². The molecule has 0 amide bonds. The predicted molar refractivity (Wildman–Crippen MR) is 225 cm³/mol. The van der Waals surface area contributed by atoms with Crippen LogP contribution in [0.25, 0.3) is 0 Å². The van der Waals surface area contributed by atoms with Crippen LogP contribution in [0.3, 0.4) is 0 Å². The number of rotatable bonds is 7. The van der Waals surface area contributed by atoms with Gasteiger partial charge in [0.15, 0.2) is 44.0 Å². The Bertz CT molecular complexity index is 1840. The zero-order valence-corrected chi connectivity index (χ0v) is 39.8. The molecule has 21 fully saturated rings. The number of fused-ring (bicyclic) bond motifs is 1. The normalized spacial score (nSPS) is 56.3. The van der Waals surface area contributed by atoms with E-state index in [1.807, 2.05) is 0 Å². The molecular weight excluding hydrogens is 1050 g/mol. The minimum Gasteiger partial charge on any atom is -0.394 e. The van der Waals surface area contributed by atoms with Crippen LogP contribution in [-0.2, 0) is 71.1 Å². The number of aliphatic hydroxyl groups excluding tert-OH is 19. The molecule has 76 heavy (non-hydrogen) atoms. The van der Waals surface area contributed by atoms with Gasteiger partial charge in [-0.3, -0.25) is 0 Å². The largest absolute Gasteiger partial charge is 0.394 e. The maximum atomic E-state index is 11.4. The molecule has 14 bridgehead atoms. The SMILES string of the molecule is OC[C@H]1O[C@@H]2O[C@H]3[C@H](O)[C@@H](O)[C@@H](O[C@H]4[C@H](O)[C@@H](O)[C@@H](O[C@H]5[C@H]6O[C@H]6[C@@H](O[C@H]6[C@H](O)[C@@H](O)[C@@H](O[C@H]7[C@H](O)[C@@H](O)[C@@H](O[C@H]8[C@H](O)[C@@H](O)[C@@H](O[C@H]1[C@H](O)[C@H]2O)O[C@@H]8CO)O[C@@H]7CO)O[C@@H]6CO)O[C@@H]5CO)O[C@@H]4CO)O[C@@H]3CO. The fourth-order valence-corrected chi connectivity index (χ4v) is 10.7. The van der Waals surface area contributed by atoms with E-state index in [9.17, 15) is 97.0 Å². The predicted octanol–water partition coefficient (Wildman–Crippen LogP) is -14.2. The Balaban J connectivity index is 0.984. The van der Waals surface area contributed by atoms with Gasteiger partial charge in [-0.1, -0.05) is 0 Å². The Labute approximate surface area is 428 Å². The van der Waals surface area contributed by atoms with E-state index >= 15 is 0 Å². The summed E-state index contributed by atoms with van der Waals surface area (Å²) in [5, 5.41) is 208. The molecule has 21 saturated heterocycles. The molecule has 0 unspecified atom stereocenters. The zero-order valence-electron chi connectivity index (χ0n) is 39.8. The second-order valence-electron chi connectivity index (χ2n) is 19.7. The summed E-state index contributed by atoms with van der Waals surface area (Å²) < 4.78 is 86.4. The van der Waals surface area contributed by atoms with Gasteiger partial charge in [-0.25, -0.2) is 0 Å². The van der Waals surface area contributed by atoms with Crippen molar-refractivity contribution >= 4 is 0 Å². The minimum absolute atomic E-state index is 0.822. The van der Waals surface area contributed by atoms with E-state index in [0.717, 1.165) is 0 Å². The molecular formula is C42H68O34. The molecule has 19 N–H and O–H groups in total. The van der Waals surface area contributed by atoms with Crippen LogP contribution in [0, 0.1) is 0 Å². The van der Waals surface area contributed by atoms with E-state index < -0.39 is 261 Å². The first-order valence-electron chi connectivity index (χ1n) is 24.6. The molecule has 0 spiro atoms. The molecule has 440 valence electrons. The molecule has 0 radical (unpaired) electrons. The standard InChI is InChI=1S/C42H68O34/c43-1-8-27-15(50)22(57)37(63-8)72-29-10(3-45)65-39(24(59)17(29)52)74-31-12(5-47)67-41(26(61)19(31)54)76-33-14(7-49)68-42(35-34(33)69-35)75-32-13(6-48)66-40(25(60)20(32)55)73-30-11(4-46)64-38(23(58)18(30)53)71-28-9(2-44)62-36(70-27)21(56)16(28)51/h8-61H,1-7H2/t8-,9-,10-,11-,12-,13-,14-,15-,16-,17-,18-,19-,20-,21-,22-,23-,24-,25-,26-,27-,28-,29-,30-,31-,32-,33-,34-,35-,36-,37-,38-,39-,40-,41-,42-/m1/s1. The van der Waals surface area contributed by atoms with Crippen LogP contribution in [0.2, 0.25) is 0 Å². The van der Waals surface area contributed by atoms with Crippen LogP contribution in [0.5, 0.6) is 0 Å². The van der Waals surface area contributed by atoms with Gasteiger partial charge in [-0.15, -0.1) is 0 Å². The summed E-state index contributed by atoms with van der Waals surface area (Å²) in [6, 6.07) is 0. The van der Waals surface area contributed by atoms with Gasteiger partial charge >= 0.3 is 0 Å². The minimum atomic E-state index is -2.18. The number of hydrogen-bond acceptors (Lipinski definition) is 34. The molecule has 21 aliphatic heterocycles. The number of epoxide rings is 1. The van der Waals surface area contributed by atoms with Gasteiger partial charge in [0.25, 0.3) is 0 Å². The van der Waals surface area contributed by atoms with Crippen molar-refractivity contribution in [2.45, 2.75) is 215 Å². The van der Waals surface area contributed by atoms with Crippen LogP contribution >= 0.6 is 0 Å². The van der Waals surface area contributed by atoms with Gasteiger partial charge in [0, 0.05) is 0 Å². The lowest BCUT2D eigenvalue weighted by molar-refractivity contribution is -0.396. The molecule has 35 atom stereocenters. The highest BCUT2D eigenvalue weighted by Crippen LogP contribution is 2.43.